The van der Waals surface area contributed by atoms with Gasteiger partial charge in [-0.15, -0.1) is 0 Å². The number of hydrogen-bond donors (Lipinski definition) is 0. The van der Waals surface area contributed by atoms with E-state index in [2.05, 4.69) is 6.07 Å². The Hall–Kier alpha value is -2.31. The summed E-state index contributed by atoms with van der Waals surface area (Å²) in [5.74, 6) is 0.0393. The van der Waals surface area contributed by atoms with Crippen molar-refractivity contribution in [2.24, 2.45) is 0 Å². The third-order valence-corrected chi connectivity index (χ3v) is 4.32. The van der Waals surface area contributed by atoms with E-state index >= 15 is 0 Å². The summed E-state index contributed by atoms with van der Waals surface area (Å²) in [6.07, 6.45) is 0.286. The van der Waals surface area contributed by atoms with Gasteiger partial charge >= 0.3 is 0 Å². The van der Waals surface area contributed by atoms with Crippen LogP contribution in [0.25, 0.3) is 0 Å². The zero-order chi connectivity index (χ0) is 16.8. The van der Waals surface area contributed by atoms with Gasteiger partial charge in [-0.3, -0.25) is 4.79 Å². The Kier molecular flexibility index (Phi) is 5.78. The lowest BCUT2D eigenvalue weighted by atomic mass is 10.0. The lowest BCUT2D eigenvalue weighted by molar-refractivity contribution is -0.132. The Balaban J connectivity index is 2.15. The van der Waals surface area contributed by atoms with Crippen LogP contribution in [0.4, 0.5) is 0 Å². The highest BCUT2D eigenvalue weighted by Gasteiger charge is 2.20. The second-order valence-electron chi connectivity index (χ2n) is 5.36. The van der Waals surface area contributed by atoms with E-state index in [1.807, 2.05) is 49.1 Å². The molecule has 0 heterocycles. The number of rotatable bonds is 5. The lowest BCUT2D eigenvalue weighted by Gasteiger charge is -2.28. The van der Waals surface area contributed by atoms with Gasteiger partial charge < -0.3 is 4.90 Å². The Morgan fingerprint density at radius 2 is 1.87 bits per heavy atom. The molecule has 0 bridgehead atoms. The molecular formula is C19H19ClN2O. The Bertz CT molecular complexity index is 719. The van der Waals surface area contributed by atoms with Crippen LogP contribution in [0.1, 0.15) is 36.6 Å². The topological polar surface area (TPSA) is 44.1 Å². The molecule has 2 aromatic carbocycles. The minimum absolute atomic E-state index is 0.0393. The third-order valence-electron chi connectivity index (χ3n) is 3.95. The van der Waals surface area contributed by atoms with E-state index in [1.54, 1.807) is 18.2 Å². The molecule has 0 N–H and O–H groups in total. The van der Waals surface area contributed by atoms with Gasteiger partial charge in [0.05, 0.1) is 24.1 Å². The van der Waals surface area contributed by atoms with Crippen molar-refractivity contribution >= 4 is 17.5 Å². The first kappa shape index (κ1) is 17.1. The number of carbonyl (C=O) groups excluding carboxylic acids is 1. The molecule has 2 aromatic rings. The first-order valence-corrected chi connectivity index (χ1v) is 7.97. The second kappa shape index (κ2) is 7.80. The highest BCUT2D eigenvalue weighted by molar-refractivity contribution is 6.31. The molecule has 1 unspecified atom stereocenters. The highest BCUT2D eigenvalue weighted by Crippen LogP contribution is 2.23. The number of likely N-dealkylation sites (N-methyl/N-ethyl adjacent to an activating group) is 1. The summed E-state index contributed by atoms with van der Waals surface area (Å²) in [5.41, 5.74) is 2.47. The van der Waals surface area contributed by atoms with Crippen LogP contribution in [-0.2, 0) is 11.2 Å². The van der Waals surface area contributed by atoms with Crippen molar-refractivity contribution in [1.82, 2.24) is 4.90 Å². The molecule has 0 aliphatic carbocycles. The number of hydrogen-bond acceptors (Lipinski definition) is 2. The minimum atomic E-state index is -0.0530. The summed E-state index contributed by atoms with van der Waals surface area (Å²) in [7, 11) is 0. The SMILES string of the molecule is CCN(C(=O)Cc1ccccc1Cl)C(C)c1ccc(C#N)cc1. The van der Waals surface area contributed by atoms with Gasteiger partial charge in [0, 0.05) is 11.6 Å². The van der Waals surface area contributed by atoms with Crippen molar-refractivity contribution < 1.29 is 4.79 Å². The van der Waals surface area contributed by atoms with Crippen LogP contribution in [0, 0.1) is 11.3 Å². The van der Waals surface area contributed by atoms with Crippen LogP contribution in [0.15, 0.2) is 48.5 Å². The molecule has 1 amide bonds. The van der Waals surface area contributed by atoms with Crippen molar-refractivity contribution in [1.29, 1.82) is 5.26 Å². The van der Waals surface area contributed by atoms with Crippen molar-refractivity contribution in [3.63, 3.8) is 0 Å². The minimum Gasteiger partial charge on any atom is -0.336 e. The van der Waals surface area contributed by atoms with E-state index in [9.17, 15) is 4.79 Å². The monoisotopic (exact) mass is 326 g/mol. The van der Waals surface area contributed by atoms with Crippen LogP contribution < -0.4 is 0 Å². The number of carbonyl (C=O) groups is 1. The van der Waals surface area contributed by atoms with Gasteiger partial charge in [0.25, 0.3) is 0 Å². The number of benzene rings is 2. The first-order valence-electron chi connectivity index (χ1n) is 7.59. The lowest BCUT2D eigenvalue weighted by Crippen LogP contribution is -2.34. The summed E-state index contributed by atoms with van der Waals surface area (Å²) in [5, 5.41) is 9.49. The molecular weight excluding hydrogens is 308 g/mol. The summed E-state index contributed by atoms with van der Waals surface area (Å²) in [6, 6.07) is 16.8. The van der Waals surface area contributed by atoms with Crippen LogP contribution >= 0.6 is 11.6 Å². The maximum absolute atomic E-state index is 12.6. The molecule has 118 valence electrons. The van der Waals surface area contributed by atoms with E-state index < -0.39 is 0 Å². The molecule has 0 saturated heterocycles. The second-order valence-corrected chi connectivity index (χ2v) is 5.76. The number of halogens is 1. The Labute approximate surface area is 142 Å². The summed E-state index contributed by atoms with van der Waals surface area (Å²) in [4.78, 5) is 14.5. The average molecular weight is 327 g/mol. The molecule has 2 rings (SSSR count). The molecule has 3 nitrogen and oxygen atoms in total. The van der Waals surface area contributed by atoms with Crippen molar-refractivity contribution in [2.45, 2.75) is 26.3 Å². The van der Waals surface area contributed by atoms with Gasteiger partial charge in [0.15, 0.2) is 0 Å². The zero-order valence-electron chi connectivity index (χ0n) is 13.3. The number of nitrogens with zero attached hydrogens (tertiary/aromatic N) is 2. The van der Waals surface area contributed by atoms with Crippen molar-refractivity contribution in [2.75, 3.05) is 6.54 Å². The standard InChI is InChI=1S/C19H19ClN2O/c1-3-22(14(2)16-10-8-15(13-21)9-11-16)19(23)12-17-6-4-5-7-18(17)20/h4-11,14H,3,12H2,1-2H3. The summed E-state index contributed by atoms with van der Waals surface area (Å²) >= 11 is 6.14. The smallest absolute Gasteiger partial charge is 0.227 e. The third kappa shape index (κ3) is 4.12. The molecule has 0 saturated carbocycles. The van der Waals surface area contributed by atoms with E-state index in [1.165, 1.54) is 0 Å². The molecule has 0 fully saturated rings. The fraction of sp³-hybridized carbons (Fsp3) is 0.263. The fourth-order valence-corrected chi connectivity index (χ4v) is 2.79. The molecule has 1 atom stereocenters. The Morgan fingerprint density at radius 1 is 1.22 bits per heavy atom. The van der Waals surface area contributed by atoms with Crippen molar-refractivity contribution in [3.8, 4) is 6.07 Å². The maximum atomic E-state index is 12.6. The van der Waals surface area contributed by atoms with Crippen LogP contribution in [-0.4, -0.2) is 17.4 Å². The van der Waals surface area contributed by atoms with Crippen molar-refractivity contribution in [3.05, 3.63) is 70.2 Å². The van der Waals surface area contributed by atoms with E-state index in [0.717, 1.165) is 11.1 Å². The van der Waals surface area contributed by atoms with Gasteiger partial charge in [0.1, 0.15) is 0 Å². The molecule has 4 heteroatoms. The largest absolute Gasteiger partial charge is 0.336 e. The number of nitriles is 1. The molecule has 0 aliphatic rings. The summed E-state index contributed by atoms with van der Waals surface area (Å²) < 4.78 is 0. The normalized spacial score (nSPS) is 11.6. The maximum Gasteiger partial charge on any atom is 0.227 e. The fourth-order valence-electron chi connectivity index (χ4n) is 2.59. The molecule has 0 aliphatic heterocycles. The van der Waals surface area contributed by atoms with Gasteiger partial charge in [-0.1, -0.05) is 41.9 Å². The number of amides is 1. The first-order chi connectivity index (χ1) is 11.1. The van der Waals surface area contributed by atoms with Crippen LogP contribution in [0.3, 0.4) is 0 Å². The van der Waals surface area contributed by atoms with Crippen LogP contribution in [0.2, 0.25) is 5.02 Å². The average Bonchev–Trinajstić information content (AvgIpc) is 2.57. The molecule has 0 spiro atoms. The summed E-state index contributed by atoms with van der Waals surface area (Å²) in [6.45, 7) is 4.57. The zero-order valence-corrected chi connectivity index (χ0v) is 14.0. The van der Waals surface area contributed by atoms with Gasteiger partial charge in [-0.05, 0) is 43.2 Å². The quantitative estimate of drug-likeness (QED) is 0.819. The van der Waals surface area contributed by atoms with Crippen LogP contribution in [0.5, 0.6) is 0 Å². The van der Waals surface area contributed by atoms with E-state index in [-0.39, 0.29) is 18.4 Å². The predicted octanol–water partition coefficient (Wildman–Crippen LogP) is 4.36. The van der Waals surface area contributed by atoms with E-state index in [4.69, 9.17) is 16.9 Å². The highest BCUT2D eigenvalue weighted by atomic mass is 35.5. The van der Waals surface area contributed by atoms with Gasteiger partial charge in [0.2, 0.25) is 5.91 Å². The van der Waals surface area contributed by atoms with Gasteiger partial charge in [-0.2, -0.15) is 5.26 Å². The van der Waals surface area contributed by atoms with Gasteiger partial charge in [-0.25, -0.2) is 0 Å². The molecule has 23 heavy (non-hydrogen) atoms. The Morgan fingerprint density at radius 3 is 2.43 bits per heavy atom. The molecule has 0 aromatic heterocycles. The molecule has 0 radical (unpaired) electrons. The predicted molar refractivity (Wildman–Crippen MR) is 92.1 cm³/mol. The van der Waals surface area contributed by atoms with E-state index in [0.29, 0.717) is 17.1 Å².